The predicted molar refractivity (Wildman–Crippen MR) is 84.8 cm³/mol. The van der Waals surface area contributed by atoms with Gasteiger partial charge in [-0.1, -0.05) is 30.3 Å². The first-order valence-electron chi connectivity index (χ1n) is 6.96. The molecule has 1 heterocycles. The Labute approximate surface area is 123 Å². The van der Waals surface area contributed by atoms with E-state index in [0.29, 0.717) is 11.2 Å². The quantitative estimate of drug-likeness (QED) is 0.802. The Morgan fingerprint density at radius 3 is 2.43 bits per heavy atom. The largest absolute Gasteiger partial charge is 0.311 e. The number of hydrogen-bond donors (Lipinski definition) is 1. The second-order valence-electron chi connectivity index (χ2n) is 4.97. The molecule has 0 aliphatic carbocycles. The topological polar surface area (TPSA) is 46.9 Å². The molecule has 3 rings (SSSR count). The van der Waals surface area contributed by atoms with Crippen LogP contribution in [0, 0.1) is 0 Å². The predicted octanol–water partition coefficient (Wildman–Crippen LogP) is 2.67. The summed E-state index contributed by atoms with van der Waals surface area (Å²) in [6, 6.07) is 17.0. The van der Waals surface area contributed by atoms with E-state index in [1.807, 2.05) is 68.6 Å². The van der Waals surface area contributed by atoms with Gasteiger partial charge in [-0.2, -0.15) is 0 Å². The molecule has 1 aromatic heterocycles. The van der Waals surface area contributed by atoms with Crippen LogP contribution in [-0.4, -0.2) is 16.6 Å². The first kappa shape index (κ1) is 13.5. The Morgan fingerprint density at radius 2 is 1.71 bits per heavy atom. The van der Waals surface area contributed by atoms with Gasteiger partial charge in [0.15, 0.2) is 0 Å². The van der Waals surface area contributed by atoms with E-state index in [2.05, 4.69) is 10.3 Å². The van der Waals surface area contributed by atoms with Crippen LogP contribution in [-0.2, 0) is 0 Å². The lowest BCUT2D eigenvalue weighted by molar-refractivity contribution is 0.589. The van der Waals surface area contributed by atoms with E-state index in [4.69, 9.17) is 0 Å². The van der Waals surface area contributed by atoms with Crippen LogP contribution >= 0.6 is 0 Å². The standard InChI is InChI=1S/C17H17N3O/c1-12(18-2)16-19-15-11-7-6-10-14(15)17(21)20(16)13-8-4-3-5-9-13/h3-12,18H,1-2H3. The summed E-state index contributed by atoms with van der Waals surface area (Å²) >= 11 is 0. The van der Waals surface area contributed by atoms with E-state index in [1.54, 1.807) is 4.57 Å². The van der Waals surface area contributed by atoms with Gasteiger partial charge >= 0.3 is 0 Å². The fourth-order valence-electron chi connectivity index (χ4n) is 2.40. The molecule has 1 N–H and O–H groups in total. The van der Waals surface area contributed by atoms with Crippen molar-refractivity contribution in [3.05, 3.63) is 70.8 Å². The lowest BCUT2D eigenvalue weighted by Crippen LogP contribution is -2.28. The van der Waals surface area contributed by atoms with Gasteiger partial charge in [-0.3, -0.25) is 9.36 Å². The van der Waals surface area contributed by atoms with Crippen LogP contribution < -0.4 is 10.9 Å². The van der Waals surface area contributed by atoms with Gasteiger partial charge in [-0.25, -0.2) is 4.98 Å². The van der Waals surface area contributed by atoms with Crippen molar-refractivity contribution in [2.24, 2.45) is 0 Å². The Kier molecular flexibility index (Phi) is 3.54. The highest BCUT2D eigenvalue weighted by molar-refractivity contribution is 5.77. The maximum Gasteiger partial charge on any atom is 0.266 e. The Hall–Kier alpha value is -2.46. The number of rotatable bonds is 3. The van der Waals surface area contributed by atoms with Crippen LogP contribution in [0.15, 0.2) is 59.4 Å². The van der Waals surface area contributed by atoms with Crippen molar-refractivity contribution >= 4 is 10.9 Å². The summed E-state index contributed by atoms with van der Waals surface area (Å²) in [6.07, 6.45) is 0. The molecular formula is C17H17N3O. The van der Waals surface area contributed by atoms with Crippen molar-refractivity contribution in [1.29, 1.82) is 0 Å². The summed E-state index contributed by atoms with van der Waals surface area (Å²) in [5.74, 6) is 0.715. The summed E-state index contributed by atoms with van der Waals surface area (Å²) in [6.45, 7) is 2.00. The SMILES string of the molecule is CNC(C)c1nc2ccccc2c(=O)n1-c1ccccc1. The third kappa shape index (κ3) is 2.34. The lowest BCUT2D eigenvalue weighted by Gasteiger charge is -2.18. The molecule has 0 radical (unpaired) electrons. The molecule has 0 aliphatic rings. The van der Waals surface area contributed by atoms with Crippen LogP contribution in [0.4, 0.5) is 0 Å². The fraction of sp³-hybridized carbons (Fsp3) is 0.176. The van der Waals surface area contributed by atoms with Gasteiger partial charge < -0.3 is 5.32 Å². The molecule has 106 valence electrons. The molecule has 0 saturated heterocycles. The zero-order valence-electron chi connectivity index (χ0n) is 12.1. The molecule has 0 fully saturated rings. The first-order chi connectivity index (χ1) is 10.2. The molecule has 0 saturated carbocycles. The van der Waals surface area contributed by atoms with Crippen molar-refractivity contribution in [2.45, 2.75) is 13.0 Å². The van der Waals surface area contributed by atoms with Crippen molar-refractivity contribution in [2.75, 3.05) is 7.05 Å². The molecule has 4 heteroatoms. The molecule has 2 aromatic carbocycles. The Morgan fingerprint density at radius 1 is 1.05 bits per heavy atom. The summed E-state index contributed by atoms with van der Waals surface area (Å²) in [7, 11) is 1.86. The van der Waals surface area contributed by atoms with Crippen molar-refractivity contribution in [1.82, 2.24) is 14.9 Å². The average Bonchev–Trinajstić information content (AvgIpc) is 2.55. The number of hydrogen-bond acceptors (Lipinski definition) is 3. The third-order valence-corrected chi connectivity index (χ3v) is 3.64. The van der Waals surface area contributed by atoms with E-state index in [9.17, 15) is 4.79 Å². The molecule has 0 spiro atoms. The maximum atomic E-state index is 12.9. The number of fused-ring (bicyclic) bond motifs is 1. The van der Waals surface area contributed by atoms with E-state index in [-0.39, 0.29) is 11.6 Å². The second kappa shape index (κ2) is 5.50. The minimum atomic E-state index is -0.0381. The Bertz CT molecular complexity index is 824. The zero-order chi connectivity index (χ0) is 14.8. The van der Waals surface area contributed by atoms with Crippen molar-refractivity contribution in [3.63, 3.8) is 0 Å². The van der Waals surface area contributed by atoms with Crippen LogP contribution in [0.2, 0.25) is 0 Å². The molecule has 0 bridgehead atoms. The molecule has 3 aromatic rings. The molecule has 1 unspecified atom stereocenters. The smallest absolute Gasteiger partial charge is 0.266 e. The van der Waals surface area contributed by atoms with E-state index < -0.39 is 0 Å². The minimum Gasteiger partial charge on any atom is -0.311 e. The monoisotopic (exact) mass is 279 g/mol. The van der Waals surface area contributed by atoms with Crippen LogP contribution in [0.25, 0.3) is 16.6 Å². The number of nitrogens with zero attached hydrogens (tertiary/aromatic N) is 2. The van der Waals surface area contributed by atoms with Gasteiger partial charge in [0.05, 0.1) is 22.6 Å². The van der Waals surface area contributed by atoms with Gasteiger partial charge in [-0.05, 0) is 38.2 Å². The Balaban J connectivity index is 2.40. The van der Waals surface area contributed by atoms with Gasteiger partial charge in [0.1, 0.15) is 5.82 Å². The zero-order valence-corrected chi connectivity index (χ0v) is 12.1. The number of nitrogens with one attached hydrogen (secondary N) is 1. The number of benzene rings is 2. The average molecular weight is 279 g/mol. The van der Waals surface area contributed by atoms with Crippen LogP contribution in [0.5, 0.6) is 0 Å². The molecule has 0 aliphatic heterocycles. The highest BCUT2D eigenvalue weighted by Crippen LogP contribution is 2.17. The molecule has 4 nitrogen and oxygen atoms in total. The molecule has 21 heavy (non-hydrogen) atoms. The lowest BCUT2D eigenvalue weighted by atomic mass is 10.2. The number of para-hydroxylation sites is 2. The second-order valence-corrected chi connectivity index (χ2v) is 4.97. The highest BCUT2D eigenvalue weighted by atomic mass is 16.1. The van der Waals surface area contributed by atoms with E-state index >= 15 is 0 Å². The molecule has 1 atom stereocenters. The van der Waals surface area contributed by atoms with E-state index in [0.717, 1.165) is 11.2 Å². The first-order valence-corrected chi connectivity index (χ1v) is 6.96. The van der Waals surface area contributed by atoms with E-state index in [1.165, 1.54) is 0 Å². The van der Waals surface area contributed by atoms with Gasteiger partial charge in [0.2, 0.25) is 0 Å². The maximum absolute atomic E-state index is 12.9. The minimum absolute atomic E-state index is 0.0255. The third-order valence-electron chi connectivity index (χ3n) is 3.64. The highest BCUT2D eigenvalue weighted by Gasteiger charge is 2.16. The number of aromatic nitrogens is 2. The van der Waals surface area contributed by atoms with Crippen molar-refractivity contribution < 1.29 is 0 Å². The van der Waals surface area contributed by atoms with Gasteiger partial charge in [-0.15, -0.1) is 0 Å². The normalized spacial score (nSPS) is 12.5. The van der Waals surface area contributed by atoms with Gasteiger partial charge in [0, 0.05) is 0 Å². The van der Waals surface area contributed by atoms with Crippen molar-refractivity contribution in [3.8, 4) is 5.69 Å². The summed E-state index contributed by atoms with van der Waals surface area (Å²) in [5.41, 5.74) is 1.52. The van der Waals surface area contributed by atoms with Crippen LogP contribution in [0.3, 0.4) is 0 Å². The summed E-state index contributed by atoms with van der Waals surface area (Å²) < 4.78 is 1.68. The van der Waals surface area contributed by atoms with Gasteiger partial charge in [0.25, 0.3) is 5.56 Å². The fourth-order valence-corrected chi connectivity index (χ4v) is 2.40. The summed E-state index contributed by atoms with van der Waals surface area (Å²) in [4.78, 5) is 17.5. The summed E-state index contributed by atoms with van der Waals surface area (Å²) in [5, 5.41) is 3.79. The van der Waals surface area contributed by atoms with Crippen LogP contribution in [0.1, 0.15) is 18.8 Å². The molecule has 0 amide bonds. The molecular weight excluding hydrogens is 262 g/mol.